The van der Waals surface area contributed by atoms with Gasteiger partial charge in [-0.2, -0.15) is 0 Å². The van der Waals surface area contributed by atoms with Crippen LogP contribution in [0.5, 0.6) is 5.75 Å². The standard InChI is InChI=1S/C29H25Cl2FN2O3/c30-17-5-3-4-16(12-17)23-15-26(35)34-27(29(23)22-10-8-18(31)13-24(22)33-28(29)36)21-14-19(32)9-11-25(21)37-20-6-1-2-7-20/h3-5,8-14,20,23,27H,1-2,6-7,15H2,(H,33,36)(H,34,35)/t23-,27+,29-/m0/s1. The summed E-state index contributed by atoms with van der Waals surface area (Å²) in [5.41, 5.74) is 1.15. The molecule has 1 saturated carbocycles. The molecule has 37 heavy (non-hydrogen) atoms. The highest BCUT2D eigenvalue weighted by molar-refractivity contribution is 6.31. The average molecular weight is 539 g/mol. The summed E-state index contributed by atoms with van der Waals surface area (Å²) in [6.07, 6.45) is 4.02. The Kier molecular flexibility index (Phi) is 6.12. The number of amides is 2. The number of fused-ring (bicyclic) bond motifs is 2. The van der Waals surface area contributed by atoms with Crippen LogP contribution in [0.25, 0.3) is 0 Å². The van der Waals surface area contributed by atoms with E-state index in [-0.39, 0.29) is 24.3 Å². The summed E-state index contributed by atoms with van der Waals surface area (Å²) in [5, 5.41) is 7.01. The normalized spacial score (nSPS) is 25.2. The van der Waals surface area contributed by atoms with Gasteiger partial charge in [-0.1, -0.05) is 41.4 Å². The second kappa shape index (κ2) is 9.34. The molecule has 2 fully saturated rings. The van der Waals surface area contributed by atoms with Crippen LogP contribution in [0.4, 0.5) is 10.1 Å². The second-order valence-corrected chi connectivity index (χ2v) is 10.9. The molecular weight excluding hydrogens is 514 g/mol. The van der Waals surface area contributed by atoms with E-state index in [1.165, 1.54) is 12.1 Å². The molecule has 1 spiro atoms. The molecule has 6 rings (SSSR count). The summed E-state index contributed by atoms with van der Waals surface area (Å²) in [5.74, 6) is -1.12. The molecule has 0 bridgehead atoms. The molecule has 2 amide bonds. The van der Waals surface area contributed by atoms with Crippen LogP contribution in [0.2, 0.25) is 10.0 Å². The minimum Gasteiger partial charge on any atom is -0.490 e. The van der Waals surface area contributed by atoms with E-state index in [1.54, 1.807) is 36.4 Å². The van der Waals surface area contributed by atoms with Crippen LogP contribution in [0.1, 0.15) is 60.8 Å². The highest BCUT2D eigenvalue weighted by Gasteiger charge is 2.61. The number of piperidine rings is 1. The third kappa shape index (κ3) is 4.07. The van der Waals surface area contributed by atoms with Crippen molar-refractivity contribution in [2.75, 3.05) is 5.32 Å². The number of hydrogen-bond acceptors (Lipinski definition) is 3. The Labute approximate surface area is 224 Å². The Bertz CT molecular complexity index is 1410. The number of anilines is 1. The van der Waals surface area contributed by atoms with E-state index in [9.17, 15) is 14.0 Å². The van der Waals surface area contributed by atoms with Gasteiger partial charge >= 0.3 is 0 Å². The first-order valence-corrected chi connectivity index (χ1v) is 13.2. The van der Waals surface area contributed by atoms with Gasteiger partial charge in [0.25, 0.3) is 0 Å². The van der Waals surface area contributed by atoms with Crippen molar-refractivity contribution in [3.8, 4) is 5.75 Å². The monoisotopic (exact) mass is 538 g/mol. The molecule has 3 aromatic carbocycles. The van der Waals surface area contributed by atoms with E-state index in [4.69, 9.17) is 27.9 Å². The van der Waals surface area contributed by atoms with Crippen LogP contribution in [-0.2, 0) is 15.0 Å². The SMILES string of the molecule is O=C1C[C@@H](c2cccc(Cl)c2)[C@]2(C(=O)Nc3cc(Cl)ccc32)[C@@H](c2cc(F)ccc2OC2CCCC2)N1. The van der Waals surface area contributed by atoms with Crippen molar-refractivity contribution < 1.29 is 18.7 Å². The number of rotatable bonds is 4. The molecule has 2 aliphatic heterocycles. The van der Waals surface area contributed by atoms with Gasteiger partial charge in [0.15, 0.2) is 0 Å². The van der Waals surface area contributed by atoms with Crippen LogP contribution in [-0.4, -0.2) is 17.9 Å². The number of halogens is 3. The van der Waals surface area contributed by atoms with Crippen molar-refractivity contribution in [1.29, 1.82) is 0 Å². The molecule has 5 nitrogen and oxygen atoms in total. The summed E-state index contributed by atoms with van der Waals surface area (Å²) < 4.78 is 21.2. The molecule has 2 N–H and O–H groups in total. The lowest BCUT2D eigenvalue weighted by atomic mass is 9.59. The summed E-state index contributed by atoms with van der Waals surface area (Å²) in [7, 11) is 0. The molecule has 0 aromatic heterocycles. The van der Waals surface area contributed by atoms with Crippen LogP contribution >= 0.6 is 23.2 Å². The smallest absolute Gasteiger partial charge is 0.238 e. The average Bonchev–Trinajstić information content (AvgIpc) is 3.47. The largest absolute Gasteiger partial charge is 0.490 e. The number of ether oxygens (including phenoxy) is 1. The molecular formula is C29H25Cl2FN2O3. The Morgan fingerprint density at radius 3 is 2.51 bits per heavy atom. The highest BCUT2D eigenvalue weighted by Crippen LogP contribution is 2.58. The summed E-state index contributed by atoms with van der Waals surface area (Å²) >= 11 is 12.6. The van der Waals surface area contributed by atoms with Gasteiger partial charge in [-0.05, 0) is 79.3 Å². The third-order valence-electron chi connectivity index (χ3n) is 7.88. The Hall–Kier alpha value is -3.09. The lowest BCUT2D eigenvalue weighted by molar-refractivity contribution is -0.131. The zero-order valence-corrected chi connectivity index (χ0v) is 21.4. The molecule has 1 saturated heterocycles. The minimum atomic E-state index is -1.29. The maximum absolute atomic E-state index is 14.8. The van der Waals surface area contributed by atoms with E-state index in [1.807, 2.05) is 12.1 Å². The molecule has 0 radical (unpaired) electrons. The van der Waals surface area contributed by atoms with Gasteiger partial charge in [0.2, 0.25) is 11.8 Å². The fourth-order valence-corrected chi connectivity index (χ4v) is 6.68. The zero-order chi connectivity index (χ0) is 25.7. The number of benzene rings is 3. The van der Waals surface area contributed by atoms with Gasteiger partial charge in [-0.25, -0.2) is 4.39 Å². The third-order valence-corrected chi connectivity index (χ3v) is 8.35. The first-order valence-electron chi connectivity index (χ1n) is 12.5. The summed E-state index contributed by atoms with van der Waals surface area (Å²) in [4.78, 5) is 27.4. The van der Waals surface area contributed by atoms with Crippen molar-refractivity contribution in [3.63, 3.8) is 0 Å². The van der Waals surface area contributed by atoms with E-state index in [0.29, 0.717) is 32.6 Å². The van der Waals surface area contributed by atoms with Crippen LogP contribution in [0, 0.1) is 5.82 Å². The van der Waals surface area contributed by atoms with Crippen molar-refractivity contribution >= 4 is 40.7 Å². The first-order chi connectivity index (χ1) is 17.9. The predicted molar refractivity (Wildman–Crippen MR) is 141 cm³/mol. The van der Waals surface area contributed by atoms with Crippen molar-refractivity contribution in [2.24, 2.45) is 0 Å². The quantitative estimate of drug-likeness (QED) is 0.388. The predicted octanol–water partition coefficient (Wildman–Crippen LogP) is 6.69. The summed E-state index contributed by atoms with van der Waals surface area (Å²) in [6, 6.07) is 15.9. The van der Waals surface area contributed by atoms with Gasteiger partial charge < -0.3 is 15.4 Å². The van der Waals surface area contributed by atoms with Gasteiger partial charge in [0, 0.05) is 33.6 Å². The number of carbonyl (C=O) groups excluding carboxylic acids is 2. The Morgan fingerprint density at radius 1 is 0.946 bits per heavy atom. The zero-order valence-electron chi connectivity index (χ0n) is 19.9. The minimum absolute atomic E-state index is 0.00618. The van der Waals surface area contributed by atoms with E-state index in [2.05, 4.69) is 10.6 Å². The number of carbonyl (C=O) groups is 2. The van der Waals surface area contributed by atoms with Gasteiger partial charge in [-0.3, -0.25) is 9.59 Å². The van der Waals surface area contributed by atoms with Gasteiger partial charge in [-0.15, -0.1) is 0 Å². The lowest BCUT2D eigenvalue weighted by Gasteiger charge is -2.46. The first kappa shape index (κ1) is 24.3. The van der Waals surface area contributed by atoms with E-state index < -0.39 is 23.2 Å². The molecule has 8 heteroatoms. The van der Waals surface area contributed by atoms with Gasteiger partial charge in [0.1, 0.15) is 17.0 Å². The number of nitrogens with one attached hydrogen (secondary N) is 2. The van der Waals surface area contributed by atoms with Crippen molar-refractivity contribution in [3.05, 3.63) is 93.2 Å². The van der Waals surface area contributed by atoms with Gasteiger partial charge in [0.05, 0.1) is 12.1 Å². The number of hydrogen-bond donors (Lipinski definition) is 2. The maximum Gasteiger partial charge on any atom is 0.238 e. The molecule has 3 aliphatic rings. The molecule has 2 heterocycles. The van der Waals surface area contributed by atoms with Crippen LogP contribution < -0.4 is 15.4 Å². The Balaban J connectivity index is 1.59. The fourth-order valence-electron chi connectivity index (χ4n) is 6.31. The van der Waals surface area contributed by atoms with Crippen LogP contribution in [0.15, 0.2) is 60.7 Å². The maximum atomic E-state index is 14.8. The fraction of sp³-hybridized carbons (Fsp3) is 0.310. The molecule has 0 unspecified atom stereocenters. The van der Waals surface area contributed by atoms with Crippen molar-refractivity contribution in [1.82, 2.24) is 5.32 Å². The van der Waals surface area contributed by atoms with E-state index in [0.717, 1.165) is 31.2 Å². The molecule has 190 valence electrons. The topological polar surface area (TPSA) is 67.4 Å². The highest BCUT2D eigenvalue weighted by atomic mass is 35.5. The molecule has 3 aromatic rings. The van der Waals surface area contributed by atoms with E-state index >= 15 is 0 Å². The van der Waals surface area contributed by atoms with Crippen molar-refractivity contribution in [2.45, 2.75) is 55.6 Å². The van der Waals surface area contributed by atoms with Crippen LogP contribution in [0.3, 0.4) is 0 Å². The molecule has 3 atom stereocenters. The molecule has 1 aliphatic carbocycles. The second-order valence-electron chi connectivity index (χ2n) is 10.0. The lowest BCUT2D eigenvalue weighted by Crippen LogP contribution is -2.57. The summed E-state index contributed by atoms with van der Waals surface area (Å²) in [6.45, 7) is 0. The Morgan fingerprint density at radius 2 is 1.73 bits per heavy atom.